The summed E-state index contributed by atoms with van der Waals surface area (Å²) in [5.41, 5.74) is 5.16. The molecule has 0 aromatic heterocycles. The minimum atomic E-state index is -0.817. The minimum absolute atomic E-state index is 0.00318. The molecule has 1 aromatic rings. The third-order valence-electron chi connectivity index (χ3n) is 2.19. The van der Waals surface area contributed by atoms with Crippen LogP contribution in [-0.2, 0) is 4.79 Å². The summed E-state index contributed by atoms with van der Waals surface area (Å²) in [6.45, 7) is 3.41. The van der Waals surface area contributed by atoms with E-state index < -0.39 is 29.3 Å². The van der Waals surface area contributed by atoms with E-state index in [-0.39, 0.29) is 12.6 Å². The molecule has 1 atom stereocenters. The number of ether oxygens (including phenoxy) is 1. The van der Waals surface area contributed by atoms with Gasteiger partial charge in [-0.05, 0) is 12.1 Å². The lowest BCUT2D eigenvalue weighted by Crippen LogP contribution is -2.48. The van der Waals surface area contributed by atoms with Gasteiger partial charge in [0.2, 0.25) is 5.91 Å². The van der Waals surface area contributed by atoms with Crippen molar-refractivity contribution in [2.75, 3.05) is 6.61 Å². The van der Waals surface area contributed by atoms with Gasteiger partial charge in [0, 0.05) is 6.04 Å². The molecule has 6 heteroatoms. The van der Waals surface area contributed by atoms with E-state index >= 15 is 0 Å². The standard InChI is InChI=1S/C12H16F2N2O2/c1-7(2)16-10(12(15)17)6-18-11-8(13)4-3-5-9(11)14/h3-5,7,10,16H,6H2,1-2H3,(H2,15,17). The lowest BCUT2D eigenvalue weighted by molar-refractivity contribution is -0.120. The monoisotopic (exact) mass is 258 g/mol. The van der Waals surface area contributed by atoms with E-state index in [2.05, 4.69) is 5.32 Å². The van der Waals surface area contributed by atoms with Crippen LogP contribution in [0.4, 0.5) is 8.78 Å². The Morgan fingerprint density at radius 2 is 1.94 bits per heavy atom. The number of hydrogen-bond acceptors (Lipinski definition) is 3. The fourth-order valence-corrected chi connectivity index (χ4v) is 1.40. The zero-order valence-electron chi connectivity index (χ0n) is 10.2. The average molecular weight is 258 g/mol. The second-order valence-electron chi connectivity index (χ2n) is 4.14. The van der Waals surface area contributed by atoms with E-state index in [1.165, 1.54) is 6.07 Å². The summed E-state index contributed by atoms with van der Waals surface area (Å²) in [7, 11) is 0. The van der Waals surface area contributed by atoms with Crippen molar-refractivity contribution in [1.29, 1.82) is 0 Å². The van der Waals surface area contributed by atoms with Crippen LogP contribution in [0.3, 0.4) is 0 Å². The Kier molecular flexibility index (Phi) is 5.03. The SMILES string of the molecule is CC(C)NC(COc1c(F)cccc1F)C(N)=O. The van der Waals surface area contributed by atoms with Gasteiger partial charge in [-0.1, -0.05) is 19.9 Å². The Hall–Kier alpha value is -1.69. The van der Waals surface area contributed by atoms with Crippen molar-refractivity contribution in [2.45, 2.75) is 25.9 Å². The van der Waals surface area contributed by atoms with Gasteiger partial charge in [0.25, 0.3) is 0 Å². The quantitative estimate of drug-likeness (QED) is 0.805. The van der Waals surface area contributed by atoms with Crippen molar-refractivity contribution in [3.63, 3.8) is 0 Å². The molecule has 0 radical (unpaired) electrons. The first-order valence-corrected chi connectivity index (χ1v) is 5.54. The first-order valence-electron chi connectivity index (χ1n) is 5.54. The van der Waals surface area contributed by atoms with Gasteiger partial charge in [-0.25, -0.2) is 8.78 Å². The van der Waals surface area contributed by atoms with Crippen molar-refractivity contribution < 1.29 is 18.3 Å². The Bertz CT molecular complexity index is 404. The molecule has 0 aliphatic carbocycles. The molecule has 0 bridgehead atoms. The van der Waals surface area contributed by atoms with E-state index in [1.54, 1.807) is 0 Å². The van der Waals surface area contributed by atoms with Crippen LogP contribution in [0, 0.1) is 11.6 Å². The Morgan fingerprint density at radius 1 is 1.39 bits per heavy atom. The van der Waals surface area contributed by atoms with Gasteiger partial charge in [0.15, 0.2) is 17.4 Å². The number of para-hydroxylation sites is 1. The highest BCUT2D eigenvalue weighted by Gasteiger charge is 2.19. The van der Waals surface area contributed by atoms with Crippen molar-refractivity contribution in [2.24, 2.45) is 5.73 Å². The minimum Gasteiger partial charge on any atom is -0.485 e. The summed E-state index contributed by atoms with van der Waals surface area (Å²) < 4.78 is 31.5. The van der Waals surface area contributed by atoms with E-state index in [0.717, 1.165) is 12.1 Å². The van der Waals surface area contributed by atoms with Gasteiger partial charge in [-0.3, -0.25) is 4.79 Å². The van der Waals surface area contributed by atoms with Gasteiger partial charge in [0.1, 0.15) is 12.6 Å². The topological polar surface area (TPSA) is 64.3 Å². The molecule has 1 aromatic carbocycles. The number of primary amides is 1. The van der Waals surface area contributed by atoms with Gasteiger partial charge in [0.05, 0.1) is 0 Å². The molecule has 0 aliphatic heterocycles. The second kappa shape index (κ2) is 6.30. The number of benzene rings is 1. The molecule has 4 nitrogen and oxygen atoms in total. The molecule has 1 unspecified atom stereocenters. The molecular weight excluding hydrogens is 242 g/mol. The predicted octanol–water partition coefficient (Wildman–Crippen LogP) is 1.20. The average Bonchev–Trinajstić information content (AvgIpc) is 2.26. The molecule has 1 amide bonds. The number of carbonyl (C=O) groups is 1. The molecule has 0 heterocycles. The Balaban J connectivity index is 2.70. The van der Waals surface area contributed by atoms with Crippen LogP contribution >= 0.6 is 0 Å². The van der Waals surface area contributed by atoms with E-state index in [0.29, 0.717) is 0 Å². The highest BCUT2D eigenvalue weighted by atomic mass is 19.1. The number of nitrogens with one attached hydrogen (secondary N) is 1. The zero-order valence-corrected chi connectivity index (χ0v) is 10.2. The van der Waals surface area contributed by atoms with E-state index in [1.807, 2.05) is 13.8 Å². The van der Waals surface area contributed by atoms with Crippen molar-refractivity contribution in [3.05, 3.63) is 29.8 Å². The van der Waals surface area contributed by atoms with Gasteiger partial charge in [-0.15, -0.1) is 0 Å². The molecule has 0 saturated carbocycles. The fourth-order valence-electron chi connectivity index (χ4n) is 1.40. The smallest absolute Gasteiger partial charge is 0.238 e. The van der Waals surface area contributed by atoms with Crippen molar-refractivity contribution in [1.82, 2.24) is 5.32 Å². The number of hydrogen-bond donors (Lipinski definition) is 2. The molecule has 0 fully saturated rings. The predicted molar refractivity (Wildman–Crippen MR) is 63.1 cm³/mol. The van der Waals surface area contributed by atoms with Crippen molar-refractivity contribution >= 4 is 5.91 Å². The molecule has 3 N–H and O–H groups in total. The van der Waals surface area contributed by atoms with Crippen LogP contribution in [0.5, 0.6) is 5.75 Å². The van der Waals surface area contributed by atoms with Crippen LogP contribution in [0.2, 0.25) is 0 Å². The highest BCUT2D eigenvalue weighted by Crippen LogP contribution is 2.20. The number of carbonyl (C=O) groups excluding carboxylic acids is 1. The van der Waals surface area contributed by atoms with Gasteiger partial charge >= 0.3 is 0 Å². The summed E-state index contributed by atoms with van der Waals surface area (Å²) in [5, 5.41) is 2.84. The largest absolute Gasteiger partial charge is 0.485 e. The molecule has 0 aliphatic rings. The Labute approximate surface area is 104 Å². The molecule has 100 valence electrons. The summed E-state index contributed by atoms with van der Waals surface area (Å²) in [4.78, 5) is 11.1. The normalized spacial score (nSPS) is 12.5. The van der Waals surface area contributed by atoms with Crippen LogP contribution in [0.25, 0.3) is 0 Å². The van der Waals surface area contributed by atoms with Crippen molar-refractivity contribution in [3.8, 4) is 5.75 Å². The van der Waals surface area contributed by atoms with E-state index in [4.69, 9.17) is 10.5 Å². The first-order chi connectivity index (χ1) is 8.41. The molecule has 18 heavy (non-hydrogen) atoms. The fraction of sp³-hybridized carbons (Fsp3) is 0.417. The van der Waals surface area contributed by atoms with Gasteiger partial charge < -0.3 is 15.8 Å². The zero-order chi connectivity index (χ0) is 13.7. The molecule has 1 rings (SSSR count). The van der Waals surface area contributed by atoms with Crippen LogP contribution < -0.4 is 15.8 Å². The summed E-state index contributed by atoms with van der Waals surface area (Å²) in [6, 6.07) is 2.58. The lowest BCUT2D eigenvalue weighted by atomic mass is 10.2. The first kappa shape index (κ1) is 14.4. The Morgan fingerprint density at radius 3 is 2.39 bits per heavy atom. The van der Waals surface area contributed by atoms with E-state index in [9.17, 15) is 13.6 Å². The second-order valence-corrected chi connectivity index (χ2v) is 4.14. The maximum atomic E-state index is 13.3. The summed E-state index contributed by atoms with van der Waals surface area (Å²) in [5.74, 6) is -2.78. The maximum Gasteiger partial charge on any atom is 0.238 e. The third kappa shape index (κ3) is 3.96. The number of rotatable bonds is 6. The third-order valence-corrected chi connectivity index (χ3v) is 2.19. The van der Waals surface area contributed by atoms with Crippen LogP contribution in [0.15, 0.2) is 18.2 Å². The van der Waals surface area contributed by atoms with Gasteiger partial charge in [-0.2, -0.15) is 0 Å². The summed E-state index contributed by atoms with van der Waals surface area (Å²) >= 11 is 0. The maximum absolute atomic E-state index is 13.3. The molecule has 0 saturated heterocycles. The number of nitrogens with two attached hydrogens (primary N) is 1. The number of halogens is 2. The lowest BCUT2D eigenvalue weighted by Gasteiger charge is -2.19. The molecule has 0 spiro atoms. The number of amides is 1. The van der Waals surface area contributed by atoms with Crippen LogP contribution in [0.1, 0.15) is 13.8 Å². The molecular formula is C12H16F2N2O2. The highest BCUT2D eigenvalue weighted by molar-refractivity contribution is 5.80. The van der Waals surface area contributed by atoms with Crippen LogP contribution in [-0.4, -0.2) is 24.6 Å². The summed E-state index contributed by atoms with van der Waals surface area (Å²) in [6.07, 6.45) is 0.